The molecule has 0 aromatic heterocycles. The van der Waals surface area contributed by atoms with Crippen LogP contribution in [0.5, 0.6) is 0 Å². The number of allylic oxidation sites excluding steroid dienone is 6. The molecule has 52 heavy (non-hydrogen) atoms. The molecule has 6 fully saturated rings. The number of halogens is 9. The van der Waals surface area contributed by atoms with E-state index in [4.69, 9.17) is 0 Å². The molecule has 6 bridgehead atoms. The number of Topliss-reactive ketones (excluding diaryl/α,β-unsaturated/α-hetero) is 3. The van der Waals surface area contributed by atoms with Crippen molar-refractivity contribution >= 4 is 17.3 Å². The van der Waals surface area contributed by atoms with Crippen LogP contribution in [0.2, 0.25) is 0 Å². The topological polar surface area (TPSA) is 112 Å². The van der Waals surface area contributed by atoms with Gasteiger partial charge in [-0.1, -0.05) is 62.3 Å². The number of carbonyl (C=O) groups is 3. The monoisotopic (exact) mass is 910 g/mol. The van der Waals surface area contributed by atoms with Crippen LogP contribution in [0.15, 0.2) is 34.0 Å². The molecule has 0 aliphatic heterocycles. The second-order valence-electron chi connectivity index (χ2n) is 17.2. The Kier molecular flexibility index (Phi) is 11.1. The third kappa shape index (κ3) is 6.07. The van der Waals surface area contributed by atoms with Crippen LogP contribution in [0, 0.1) is 87.5 Å². The van der Waals surface area contributed by atoms with Crippen LogP contribution in [0.25, 0.3) is 0 Å². The van der Waals surface area contributed by atoms with Gasteiger partial charge in [0.05, 0.1) is 0 Å². The normalized spacial score (nSPS) is 38.0. The first kappa shape index (κ1) is 44.6. The summed E-state index contributed by atoms with van der Waals surface area (Å²) in [6.45, 7) is 15.9. The molecule has 0 saturated heterocycles. The van der Waals surface area contributed by atoms with E-state index in [1.165, 1.54) is 0 Å². The number of hydrogen-bond donors (Lipinski definition) is 3. The van der Waals surface area contributed by atoms with Crippen molar-refractivity contribution in [2.75, 3.05) is 0 Å². The van der Waals surface area contributed by atoms with E-state index in [1.807, 2.05) is 0 Å². The molecule has 0 spiro atoms. The van der Waals surface area contributed by atoms with Gasteiger partial charge in [0.2, 0.25) is 17.3 Å². The van der Waals surface area contributed by atoms with Crippen LogP contribution >= 0.6 is 0 Å². The number of aliphatic hydroxyl groups excluding tert-OH is 3. The first-order valence-electron chi connectivity index (χ1n) is 16.8. The molecular weight excluding hydrogens is 867 g/mol. The number of rotatable bonds is 0. The molecule has 6 atom stereocenters. The van der Waals surface area contributed by atoms with Crippen LogP contribution in [-0.2, 0) is 14.4 Å². The Bertz CT molecular complexity index is 1460. The van der Waals surface area contributed by atoms with Crippen LogP contribution in [-0.4, -0.2) is 51.2 Å². The largest absolute Gasteiger partial charge is 0.504 e. The molecule has 3 unspecified atom stereocenters. The zero-order valence-electron chi connectivity index (χ0n) is 30.2. The summed E-state index contributed by atoms with van der Waals surface area (Å²) >= 11 is 0. The molecule has 6 aliphatic carbocycles. The summed E-state index contributed by atoms with van der Waals surface area (Å²) in [4.78, 5) is 36.2. The number of ketones is 3. The average Bonchev–Trinajstić information content (AvgIpc) is 3.59. The standard InChI is InChI=1S/3C12H15F3O2.Er/c3*1-10(2)6-4-5-11(10,3)8(16)7(6)9(17)12(13,14)15;/h3*6,17H,4-5H2,1-3H3;/b9-7+;9-7-;;/t3*6?,11-;/m000./s1. The molecule has 6 aliphatic rings. The molecule has 16 heteroatoms. The maximum Gasteiger partial charge on any atom is 0.449 e. The minimum atomic E-state index is -4.83. The van der Waals surface area contributed by atoms with E-state index in [1.54, 1.807) is 62.3 Å². The Hall–Kier alpha value is -1.75. The van der Waals surface area contributed by atoms with Gasteiger partial charge in [0.25, 0.3) is 0 Å². The maximum absolute atomic E-state index is 12.5. The molecule has 0 amide bonds. The van der Waals surface area contributed by atoms with Gasteiger partial charge >= 0.3 is 18.5 Å². The van der Waals surface area contributed by atoms with Gasteiger partial charge in [-0.3, -0.25) is 14.4 Å². The molecule has 6 nitrogen and oxygen atoms in total. The molecule has 6 saturated carbocycles. The van der Waals surface area contributed by atoms with Gasteiger partial charge in [-0.2, -0.15) is 39.5 Å². The number of hydrogen-bond acceptors (Lipinski definition) is 6. The van der Waals surface area contributed by atoms with Crippen LogP contribution in [0.1, 0.15) is 101 Å². The Balaban J connectivity index is 0.000000208. The number of alkyl halides is 9. The first-order chi connectivity index (χ1) is 22.6. The fourth-order valence-corrected chi connectivity index (χ4v) is 9.88. The van der Waals surface area contributed by atoms with E-state index in [0.717, 1.165) is 0 Å². The second-order valence-corrected chi connectivity index (χ2v) is 17.2. The van der Waals surface area contributed by atoms with Crippen LogP contribution < -0.4 is 0 Å². The molecule has 0 aromatic rings. The Labute approximate surface area is 325 Å². The smallest absolute Gasteiger partial charge is 0.449 e. The summed E-state index contributed by atoms with van der Waals surface area (Å²) in [5, 5.41) is 27.8. The Morgan fingerprint density at radius 3 is 0.750 bits per heavy atom. The van der Waals surface area contributed by atoms with Crippen LogP contribution in [0.3, 0.4) is 0 Å². The van der Waals surface area contributed by atoms with Crippen LogP contribution in [0.4, 0.5) is 39.5 Å². The van der Waals surface area contributed by atoms with Gasteiger partial charge in [0.1, 0.15) is 0 Å². The number of fused-ring (bicyclic) bond motifs is 6. The minimum Gasteiger partial charge on any atom is -0.504 e. The summed E-state index contributed by atoms with van der Waals surface area (Å²) in [5.74, 6) is -8.13. The van der Waals surface area contributed by atoms with Gasteiger partial charge in [-0.15, -0.1) is 0 Å². The predicted molar refractivity (Wildman–Crippen MR) is 166 cm³/mol. The molecule has 3 N–H and O–H groups in total. The molecule has 0 aromatic carbocycles. The van der Waals surface area contributed by atoms with E-state index in [0.29, 0.717) is 38.5 Å². The molecule has 6 rings (SSSR count). The van der Waals surface area contributed by atoms with E-state index >= 15 is 0 Å². The van der Waals surface area contributed by atoms with Gasteiger partial charge in [-0.25, -0.2) is 0 Å². The van der Waals surface area contributed by atoms with E-state index in [-0.39, 0.29) is 37.3 Å². The van der Waals surface area contributed by atoms with Gasteiger partial charge < -0.3 is 15.3 Å². The summed E-state index contributed by atoms with van der Waals surface area (Å²) < 4.78 is 113. The van der Waals surface area contributed by atoms with Crippen molar-refractivity contribution < 1.29 is 107 Å². The van der Waals surface area contributed by atoms with E-state index < -0.39 is 120 Å². The summed E-state index contributed by atoms with van der Waals surface area (Å²) in [6.07, 6.45) is -11.1. The van der Waals surface area contributed by atoms with E-state index in [2.05, 4.69) is 0 Å². The van der Waals surface area contributed by atoms with Crippen molar-refractivity contribution in [3.8, 4) is 0 Å². The zero-order chi connectivity index (χ0) is 39.7. The summed E-state index contributed by atoms with van der Waals surface area (Å²) in [7, 11) is 0. The fourth-order valence-electron chi connectivity index (χ4n) is 9.88. The molecule has 0 heterocycles. The first-order valence-corrected chi connectivity index (χ1v) is 16.8. The molecule has 300 valence electrons. The zero-order valence-corrected chi connectivity index (χ0v) is 32.1. The average molecular weight is 912 g/mol. The van der Waals surface area contributed by atoms with Gasteiger partial charge in [0, 0.05) is 70.3 Å². The summed E-state index contributed by atoms with van der Waals surface area (Å²) in [5.41, 5.74) is -5.08. The quantitative estimate of drug-likeness (QED) is 0.127. The Morgan fingerprint density at radius 1 is 0.462 bits per heavy atom. The van der Waals surface area contributed by atoms with Crippen molar-refractivity contribution in [2.45, 2.75) is 119 Å². The number of aliphatic hydroxyl groups is 3. The number of carbonyl (C=O) groups excluding carboxylic acids is 3. The SMILES string of the molecule is CC1(C)C2CC[C@@]1(C)C(=O)/C2=C(/O)C(F)(F)F.CC1(C)C2CC[C@@]1(C)C(=O)/C2=C(\O)C(F)(F)F.CC1(C)C2CC[C@@]1(C)C(=O)C2=C(O)C(F)(F)F.[Er]. The van der Waals surface area contributed by atoms with E-state index in [9.17, 15) is 69.2 Å². The molecular formula is C36H45ErF9O6. The van der Waals surface area contributed by atoms with Crippen molar-refractivity contribution in [2.24, 2.45) is 50.2 Å². The summed E-state index contributed by atoms with van der Waals surface area (Å²) in [6, 6.07) is 0. The van der Waals surface area contributed by atoms with Crippen molar-refractivity contribution in [1.29, 1.82) is 0 Å². The van der Waals surface area contributed by atoms with Crippen molar-refractivity contribution in [3.05, 3.63) is 34.0 Å². The predicted octanol–water partition coefficient (Wildman–Crippen LogP) is 10.2. The second kappa shape index (κ2) is 12.9. The van der Waals surface area contributed by atoms with Gasteiger partial charge in [0.15, 0.2) is 17.3 Å². The third-order valence-electron chi connectivity index (χ3n) is 14.5. The van der Waals surface area contributed by atoms with Crippen molar-refractivity contribution in [3.63, 3.8) is 0 Å². The maximum atomic E-state index is 12.5. The molecule has 0 radical (unpaired) electrons. The van der Waals surface area contributed by atoms with Crippen molar-refractivity contribution in [1.82, 2.24) is 0 Å². The fraction of sp³-hybridized carbons (Fsp3) is 0.750. The Morgan fingerprint density at radius 2 is 0.635 bits per heavy atom. The minimum absolute atomic E-state index is 0. The third-order valence-corrected chi connectivity index (χ3v) is 14.5. The van der Waals surface area contributed by atoms with Gasteiger partial charge in [-0.05, 0) is 72.5 Å².